The summed E-state index contributed by atoms with van der Waals surface area (Å²) in [6, 6.07) is 9.38. The third kappa shape index (κ3) is 8.71. The van der Waals surface area contributed by atoms with Crippen molar-refractivity contribution in [3.63, 3.8) is 0 Å². The molecule has 3 aromatic rings. The number of ketones is 1. The molecule has 280 valence electrons. The highest BCUT2D eigenvalue weighted by atomic mass is 28.4. The van der Waals surface area contributed by atoms with Crippen molar-refractivity contribution in [2.45, 2.75) is 116 Å². The van der Waals surface area contributed by atoms with Gasteiger partial charge in [0.05, 0.1) is 71.5 Å². The van der Waals surface area contributed by atoms with E-state index in [0.29, 0.717) is 31.0 Å². The number of carbonyl (C=O) groups excluding carboxylic acids is 2. The molecule has 2 aromatic heterocycles. The smallest absolute Gasteiger partial charge is 0.319 e. The predicted molar refractivity (Wildman–Crippen MR) is 194 cm³/mol. The summed E-state index contributed by atoms with van der Waals surface area (Å²) in [5, 5.41) is -0.0645. The van der Waals surface area contributed by atoms with E-state index in [9.17, 15) is 9.59 Å². The van der Waals surface area contributed by atoms with E-state index in [1.807, 2.05) is 31.2 Å². The minimum Gasteiger partial charge on any atom is -0.497 e. The Bertz CT molecular complexity index is 1620. The average Bonchev–Trinajstić information content (AvgIpc) is 3.75. The molecule has 1 aliphatic carbocycles. The molecule has 0 bridgehead atoms. The number of benzene rings is 1. The molecule has 0 saturated carbocycles. The van der Waals surface area contributed by atoms with Gasteiger partial charge in [-0.1, -0.05) is 46.8 Å². The van der Waals surface area contributed by atoms with Crippen molar-refractivity contribution in [3.05, 3.63) is 77.1 Å². The minimum absolute atomic E-state index is 0.0322. The van der Waals surface area contributed by atoms with E-state index < -0.39 is 37.7 Å². The van der Waals surface area contributed by atoms with E-state index in [4.69, 9.17) is 36.9 Å². The number of methoxy groups -OCH3 is 2. The average molecular weight is 725 g/mol. The van der Waals surface area contributed by atoms with Gasteiger partial charge in [0.15, 0.2) is 19.9 Å². The summed E-state index contributed by atoms with van der Waals surface area (Å²) in [4.78, 5) is 28.9. The van der Waals surface area contributed by atoms with Crippen LogP contribution >= 0.6 is 0 Å². The topological polar surface area (TPSA) is 116 Å². The van der Waals surface area contributed by atoms with Crippen molar-refractivity contribution >= 4 is 20.1 Å². The van der Waals surface area contributed by atoms with Crippen molar-refractivity contribution in [3.8, 4) is 5.75 Å². The van der Waals surface area contributed by atoms with Crippen LogP contribution in [-0.4, -0.2) is 53.3 Å². The Kier molecular flexibility index (Phi) is 11.5. The molecule has 5 rings (SSSR count). The van der Waals surface area contributed by atoms with Crippen LogP contribution in [0.5, 0.6) is 5.75 Å². The zero-order chi connectivity index (χ0) is 37.2. The van der Waals surface area contributed by atoms with Crippen LogP contribution in [0.1, 0.15) is 101 Å². The Morgan fingerprint density at radius 1 is 1.02 bits per heavy atom. The standard InChI is InChI=1S/C40H56O10Si/c1-37(2,3)51(9,10)50-32-15-16-35(41)40(36(42)44-8,19-30-31(32)24-47-34(30)20-39(6)48-25-38(4,5)26-49-39)21-33(28-17-18-45-23-28)46-22-27-11-13-29(43-7)14-12-27/h11-14,17-18,23-24,32-33H,15-16,19-22,25-26H2,1-10H3/t32-,33-,40-/m0/s1. The van der Waals surface area contributed by atoms with Crippen LogP contribution in [0.3, 0.4) is 0 Å². The second kappa shape index (κ2) is 15.0. The third-order valence-electron chi connectivity index (χ3n) is 10.9. The second-order valence-corrected chi connectivity index (χ2v) is 21.4. The van der Waals surface area contributed by atoms with Gasteiger partial charge in [0.1, 0.15) is 16.9 Å². The fourth-order valence-electron chi connectivity index (χ4n) is 6.56. The number of esters is 1. The fourth-order valence-corrected chi connectivity index (χ4v) is 7.87. The summed E-state index contributed by atoms with van der Waals surface area (Å²) in [6.45, 7) is 18.4. The van der Waals surface area contributed by atoms with Crippen molar-refractivity contribution in [1.82, 2.24) is 0 Å². The van der Waals surface area contributed by atoms with Gasteiger partial charge in [0.2, 0.25) is 0 Å². The first-order valence-electron chi connectivity index (χ1n) is 17.8. The number of carbonyl (C=O) groups is 2. The molecule has 3 heterocycles. The van der Waals surface area contributed by atoms with Gasteiger partial charge in [-0.25, -0.2) is 0 Å². The van der Waals surface area contributed by atoms with Crippen molar-refractivity contribution < 1.29 is 46.5 Å². The summed E-state index contributed by atoms with van der Waals surface area (Å²) in [5.41, 5.74) is 1.50. The number of rotatable bonds is 12. The Hall–Kier alpha value is -3.22. The van der Waals surface area contributed by atoms with Crippen LogP contribution < -0.4 is 4.74 Å². The molecule has 1 aromatic carbocycles. The van der Waals surface area contributed by atoms with Gasteiger partial charge in [-0.3, -0.25) is 9.59 Å². The van der Waals surface area contributed by atoms with Gasteiger partial charge in [-0.2, -0.15) is 0 Å². The molecular formula is C40H56O10Si. The first-order chi connectivity index (χ1) is 23.9. The molecule has 0 amide bonds. The van der Waals surface area contributed by atoms with E-state index in [-0.39, 0.29) is 48.5 Å². The summed E-state index contributed by atoms with van der Waals surface area (Å²) in [7, 11) is 0.652. The number of hydrogen-bond acceptors (Lipinski definition) is 10. The minimum atomic E-state index is -2.29. The van der Waals surface area contributed by atoms with Crippen molar-refractivity contribution in [2.24, 2.45) is 10.8 Å². The molecule has 11 heteroatoms. The zero-order valence-electron chi connectivity index (χ0n) is 32.0. The normalized spacial score (nSPS) is 22.8. The predicted octanol–water partition coefficient (Wildman–Crippen LogP) is 8.69. The van der Waals surface area contributed by atoms with E-state index in [1.54, 1.807) is 32.0 Å². The molecule has 51 heavy (non-hydrogen) atoms. The molecular weight excluding hydrogens is 669 g/mol. The monoisotopic (exact) mass is 724 g/mol. The highest BCUT2D eigenvalue weighted by Crippen LogP contribution is 2.48. The molecule has 0 spiro atoms. The quantitative estimate of drug-likeness (QED) is 0.102. The second-order valence-electron chi connectivity index (χ2n) is 16.6. The van der Waals surface area contributed by atoms with Gasteiger partial charge in [-0.05, 0) is 61.7 Å². The Labute approximate surface area is 303 Å². The first-order valence-corrected chi connectivity index (χ1v) is 20.7. The molecule has 3 atom stereocenters. The highest BCUT2D eigenvalue weighted by molar-refractivity contribution is 6.74. The van der Waals surface area contributed by atoms with Crippen LogP contribution in [0.2, 0.25) is 18.1 Å². The van der Waals surface area contributed by atoms with Crippen LogP contribution in [-0.2, 0) is 52.4 Å². The van der Waals surface area contributed by atoms with E-state index in [0.717, 1.165) is 22.4 Å². The van der Waals surface area contributed by atoms with Gasteiger partial charge >= 0.3 is 5.97 Å². The Balaban J connectivity index is 1.56. The summed E-state index contributed by atoms with van der Waals surface area (Å²) >= 11 is 0. The maximum Gasteiger partial charge on any atom is 0.319 e. The van der Waals surface area contributed by atoms with Crippen LogP contribution in [0, 0.1) is 10.8 Å². The van der Waals surface area contributed by atoms with E-state index in [2.05, 4.69) is 47.7 Å². The maximum atomic E-state index is 14.7. The third-order valence-corrected chi connectivity index (χ3v) is 15.4. The molecule has 0 unspecified atom stereocenters. The molecule has 2 aliphatic rings. The number of ether oxygens (including phenoxy) is 5. The molecule has 0 radical (unpaired) electrons. The molecule has 1 saturated heterocycles. The number of furan rings is 2. The Morgan fingerprint density at radius 2 is 1.71 bits per heavy atom. The first kappa shape index (κ1) is 39.0. The molecule has 1 fully saturated rings. The zero-order valence-corrected chi connectivity index (χ0v) is 33.0. The van der Waals surface area contributed by atoms with Gasteiger partial charge < -0.3 is 36.9 Å². The van der Waals surface area contributed by atoms with E-state index >= 15 is 0 Å². The van der Waals surface area contributed by atoms with E-state index in [1.165, 1.54) is 7.11 Å². The summed E-state index contributed by atoms with van der Waals surface area (Å²) < 4.78 is 48.8. The van der Waals surface area contributed by atoms with Crippen molar-refractivity contribution in [2.75, 3.05) is 27.4 Å². The van der Waals surface area contributed by atoms with Crippen LogP contribution in [0.4, 0.5) is 0 Å². The van der Waals surface area contributed by atoms with Gasteiger partial charge in [0.25, 0.3) is 0 Å². The fraction of sp³-hybridized carbons (Fsp3) is 0.600. The number of fused-ring (bicyclic) bond motifs is 1. The lowest BCUT2D eigenvalue weighted by atomic mass is 9.69. The molecule has 1 aliphatic heterocycles. The summed E-state index contributed by atoms with van der Waals surface area (Å²) in [5.74, 6) is -0.473. The number of Topliss-reactive ketones (excluding diaryl/α,β-unsaturated/α-hetero) is 1. The van der Waals surface area contributed by atoms with Crippen molar-refractivity contribution in [1.29, 1.82) is 0 Å². The largest absolute Gasteiger partial charge is 0.497 e. The Morgan fingerprint density at radius 3 is 2.29 bits per heavy atom. The van der Waals surface area contributed by atoms with Gasteiger partial charge in [-0.15, -0.1) is 0 Å². The molecule has 0 N–H and O–H groups in total. The summed E-state index contributed by atoms with van der Waals surface area (Å²) in [6.07, 6.45) is 4.69. The van der Waals surface area contributed by atoms with Crippen LogP contribution in [0.15, 0.2) is 58.0 Å². The number of hydrogen-bond donors (Lipinski definition) is 0. The molecule has 10 nitrogen and oxygen atoms in total. The lowest BCUT2D eigenvalue weighted by Gasteiger charge is -2.42. The van der Waals surface area contributed by atoms with Crippen LogP contribution in [0.25, 0.3) is 0 Å². The lowest BCUT2D eigenvalue weighted by Crippen LogP contribution is -2.48. The van der Waals surface area contributed by atoms with Gasteiger partial charge in [0, 0.05) is 34.9 Å². The lowest BCUT2D eigenvalue weighted by molar-refractivity contribution is -0.289. The highest BCUT2D eigenvalue weighted by Gasteiger charge is 2.52. The SMILES string of the molecule is COC(=O)[C@]1(C[C@H](OCc2ccc(OC)cc2)c2ccoc2)Cc2c(coc2CC2(C)OCC(C)(C)CO2)[C@@H](O[Si](C)(C)C(C)(C)C)CCC1=O. The maximum absolute atomic E-state index is 14.7.